The fourth-order valence-electron chi connectivity index (χ4n) is 5.66. The van der Waals surface area contributed by atoms with Gasteiger partial charge in [-0.05, 0) is 97.3 Å². The summed E-state index contributed by atoms with van der Waals surface area (Å²) in [7, 11) is -3.76. The smallest absolute Gasteiger partial charge is 0.453 e. The molecular formula is C32H32F5NO5S. The van der Waals surface area contributed by atoms with Crippen molar-refractivity contribution in [1.29, 1.82) is 0 Å². The Bertz CT molecular complexity index is 1750. The van der Waals surface area contributed by atoms with Crippen molar-refractivity contribution in [3.05, 3.63) is 77.4 Å². The van der Waals surface area contributed by atoms with Gasteiger partial charge in [-0.25, -0.2) is 8.42 Å². The van der Waals surface area contributed by atoms with E-state index in [9.17, 15) is 40.6 Å². The van der Waals surface area contributed by atoms with Crippen LogP contribution in [0.15, 0.2) is 60.7 Å². The highest BCUT2D eigenvalue weighted by molar-refractivity contribution is 7.91. The normalized spacial score (nSPS) is 13.6. The second-order valence-corrected chi connectivity index (χ2v) is 13.4. The quantitative estimate of drug-likeness (QED) is 0.125. The highest BCUT2D eigenvalue weighted by Gasteiger charge is 2.56. The number of alkyl halides is 5. The number of fused-ring (bicyclic) bond motifs is 5. The van der Waals surface area contributed by atoms with Gasteiger partial charge < -0.3 is 19.5 Å². The highest BCUT2D eigenvalue weighted by atomic mass is 32.2. The second-order valence-electron chi connectivity index (χ2n) is 11.1. The lowest BCUT2D eigenvalue weighted by Crippen LogP contribution is -2.36. The first-order valence-corrected chi connectivity index (χ1v) is 16.1. The summed E-state index contributed by atoms with van der Waals surface area (Å²) in [6.07, 6.45) is -5.90. The number of unbranched alkanes of at least 4 members (excludes halogenated alkanes) is 1. The van der Waals surface area contributed by atoms with E-state index in [1.165, 1.54) is 0 Å². The van der Waals surface area contributed by atoms with Gasteiger partial charge in [0.1, 0.15) is 27.1 Å². The molecule has 0 fully saturated rings. The number of phenolic OH excluding ortho intramolecular Hbond substituents is 2. The average molecular weight is 638 g/mol. The number of aryl methyl sites for hydroxylation is 2. The van der Waals surface area contributed by atoms with Gasteiger partial charge in [-0.15, -0.1) is 0 Å². The number of phenols is 2. The molecule has 3 aromatic carbocycles. The van der Waals surface area contributed by atoms with Crippen LogP contribution in [0, 0.1) is 0 Å². The lowest BCUT2D eigenvalue weighted by molar-refractivity contribution is -0.284. The Morgan fingerprint density at radius 1 is 0.818 bits per heavy atom. The molecule has 1 aliphatic rings. The molecule has 6 nitrogen and oxygen atoms in total. The third-order valence-electron chi connectivity index (χ3n) is 7.88. The van der Waals surface area contributed by atoms with Crippen LogP contribution in [-0.4, -0.2) is 53.4 Å². The predicted octanol–water partition coefficient (Wildman–Crippen LogP) is 7.42. The minimum atomic E-state index is -5.69. The monoisotopic (exact) mass is 637 g/mol. The molecule has 0 unspecified atom stereocenters. The number of aromatic nitrogens is 1. The number of nitrogens with zero attached hydrogens (tertiary/aromatic N) is 1. The van der Waals surface area contributed by atoms with Crippen LogP contribution in [-0.2, 0) is 29.2 Å². The molecule has 0 radical (unpaired) electrons. The van der Waals surface area contributed by atoms with Gasteiger partial charge in [-0.2, -0.15) is 22.0 Å². The van der Waals surface area contributed by atoms with E-state index in [0.717, 1.165) is 51.7 Å². The predicted molar refractivity (Wildman–Crippen MR) is 157 cm³/mol. The molecule has 0 aliphatic heterocycles. The minimum absolute atomic E-state index is 0.191. The van der Waals surface area contributed by atoms with Crippen LogP contribution < -0.4 is 4.74 Å². The maximum atomic E-state index is 13.0. The summed E-state index contributed by atoms with van der Waals surface area (Å²) in [6, 6.07) is 18.2. The number of aromatic hydroxyl groups is 2. The average Bonchev–Trinajstić information content (AvgIpc) is 3.25. The van der Waals surface area contributed by atoms with Gasteiger partial charge in [0.05, 0.1) is 23.8 Å². The first-order chi connectivity index (χ1) is 20.7. The molecule has 236 valence electrons. The summed E-state index contributed by atoms with van der Waals surface area (Å²) in [5, 5.41) is 21.2. The van der Waals surface area contributed by atoms with Crippen LogP contribution in [0.3, 0.4) is 0 Å². The summed E-state index contributed by atoms with van der Waals surface area (Å²) in [5.41, 5.74) is 6.29. The summed E-state index contributed by atoms with van der Waals surface area (Å²) in [4.78, 5) is 0. The van der Waals surface area contributed by atoms with E-state index in [0.29, 0.717) is 18.7 Å². The number of sulfone groups is 1. The maximum absolute atomic E-state index is 13.0. The van der Waals surface area contributed by atoms with Crippen LogP contribution in [0.25, 0.3) is 22.2 Å². The first kappa shape index (κ1) is 31.6. The van der Waals surface area contributed by atoms with Gasteiger partial charge in [0.2, 0.25) is 0 Å². The molecular weight excluding hydrogens is 605 g/mol. The maximum Gasteiger partial charge on any atom is 0.453 e. The third-order valence-corrected chi connectivity index (χ3v) is 9.70. The van der Waals surface area contributed by atoms with Gasteiger partial charge in [0, 0.05) is 29.4 Å². The highest BCUT2D eigenvalue weighted by Crippen LogP contribution is 2.42. The van der Waals surface area contributed by atoms with Crippen molar-refractivity contribution in [2.24, 2.45) is 0 Å². The Hall–Kier alpha value is -3.80. The van der Waals surface area contributed by atoms with E-state index in [1.54, 1.807) is 24.3 Å². The number of hydrogen-bond donors (Lipinski definition) is 2. The molecule has 1 aromatic heterocycles. The number of halogens is 5. The summed E-state index contributed by atoms with van der Waals surface area (Å²) in [5.74, 6) is -4.95. The molecule has 4 aromatic rings. The van der Waals surface area contributed by atoms with E-state index in [2.05, 4.69) is 4.57 Å². The van der Waals surface area contributed by atoms with Crippen LogP contribution >= 0.6 is 0 Å². The van der Waals surface area contributed by atoms with E-state index in [4.69, 9.17) is 4.74 Å². The van der Waals surface area contributed by atoms with Crippen molar-refractivity contribution in [2.75, 3.05) is 18.1 Å². The van der Waals surface area contributed by atoms with Gasteiger partial charge in [0.15, 0.2) is 0 Å². The van der Waals surface area contributed by atoms with Crippen LogP contribution in [0.1, 0.15) is 42.4 Å². The first-order valence-electron chi connectivity index (χ1n) is 14.3. The zero-order chi connectivity index (χ0) is 31.7. The van der Waals surface area contributed by atoms with E-state index in [1.807, 2.05) is 36.4 Å². The fourth-order valence-corrected chi connectivity index (χ4v) is 7.09. The molecule has 0 saturated carbocycles. The number of rotatable bonds is 12. The molecule has 0 bridgehead atoms. The molecule has 0 saturated heterocycles. The summed E-state index contributed by atoms with van der Waals surface area (Å²) in [6.45, 7) is 0.758. The lowest BCUT2D eigenvalue weighted by Gasteiger charge is -2.20. The summed E-state index contributed by atoms with van der Waals surface area (Å²) >= 11 is 0. The number of hydrogen-bond acceptors (Lipinski definition) is 5. The van der Waals surface area contributed by atoms with Gasteiger partial charge in [0.25, 0.3) is 0 Å². The van der Waals surface area contributed by atoms with Crippen LogP contribution in [0.5, 0.6) is 17.2 Å². The van der Waals surface area contributed by atoms with Crippen LogP contribution in [0.2, 0.25) is 0 Å². The molecule has 5 rings (SSSR count). The van der Waals surface area contributed by atoms with Crippen molar-refractivity contribution >= 4 is 20.7 Å². The Morgan fingerprint density at radius 3 is 2.23 bits per heavy atom. The van der Waals surface area contributed by atoms with E-state index in [-0.39, 0.29) is 30.3 Å². The third kappa shape index (κ3) is 6.95. The van der Waals surface area contributed by atoms with Gasteiger partial charge in [-0.3, -0.25) is 0 Å². The van der Waals surface area contributed by atoms with Crippen molar-refractivity contribution in [3.63, 3.8) is 0 Å². The zero-order valence-electron chi connectivity index (χ0n) is 23.7. The van der Waals surface area contributed by atoms with Gasteiger partial charge in [-0.1, -0.05) is 12.1 Å². The van der Waals surface area contributed by atoms with Crippen molar-refractivity contribution in [2.45, 2.75) is 57.2 Å². The SMILES string of the molecule is O=S(=O)(CCCCOc1ccc(Cn2c3c(c4cc(O)ccc42)CCc2cc(O)ccc2-3)cc1)CCCC(F)(F)C(F)(F)F. The molecule has 1 heterocycles. The second kappa shape index (κ2) is 12.3. The fraction of sp³-hybridized carbons (Fsp3) is 0.375. The van der Waals surface area contributed by atoms with E-state index < -0.39 is 40.5 Å². The number of ether oxygens (including phenoxy) is 1. The zero-order valence-corrected chi connectivity index (χ0v) is 24.5. The Balaban J connectivity index is 1.17. The minimum Gasteiger partial charge on any atom is -0.508 e. The molecule has 1 aliphatic carbocycles. The molecule has 44 heavy (non-hydrogen) atoms. The van der Waals surface area contributed by atoms with Crippen LogP contribution in [0.4, 0.5) is 22.0 Å². The van der Waals surface area contributed by atoms with Crippen molar-refractivity contribution in [1.82, 2.24) is 4.57 Å². The molecule has 2 N–H and O–H groups in total. The largest absolute Gasteiger partial charge is 0.508 e. The Kier molecular flexibility index (Phi) is 8.84. The number of benzene rings is 3. The Morgan fingerprint density at radius 2 is 1.50 bits per heavy atom. The lowest BCUT2D eigenvalue weighted by atomic mass is 9.88. The van der Waals surface area contributed by atoms with E-state index >= 15 is 0 Å². The molecule has 12 heteroatoms. The van der Waals surface area contributed by atoms with Crippen molar-refractivity contribution in [3.8, 4) is 28.5 Å². The van der Waals surface area contributed by atoms with Crippen molar-refractivity contribution < 1.29 is 45.3 Å². The standard InChI is InChI=1S/C32H32F5NO5S/c33-31(34,32(35,36)37)14-3-17-44(41,42)16-2-1-15-43-25-9-4-21(5-10-25)20-38-29-13-8-24(40)19-28(29)27-11-6-22-18-23(39)7-12-26(22)30(27)38/h4-5,7-10,12-13,18-19,39-40H,1-3,6,11,14-17,20H2. The topological polar surface area (TPSA) is 88.8 Å². The summed E-state index contributed by atoms with van der Waals surface area (Å²) < 4.78 is 94.8. The Labute approximate surface area is 251 Å². The molecule has 0 amide bonds. The van der Waals surface area contributed by atoms with Gasteiger partial charge >= 0.3 is 12.1 Å². The molecule has 0 atom stereocenters. The molecule has 0 spiro atoms.